The zero-order valence-corrected chi connectivity index (χ0v) is 23.8. The number of benzene rings is 3. The molecule has 0 saturated carbocycles. The summed E-state index contributed by atoms with van der Waals surface area (Å²) in [5, 5.41) is 2.76. The van der Waals surface area contributed by atoms with Gasteiger partial charge in [0.05, 0.1) is 26.1 Å². The second-order valence-corrected chi connectivity index (χ2v) is 13.7. The molecule has 4 rings (SSSR count). The van der Waals surface area contributed by atoms with E-state index >= 15 is 0 Å². The number of aryl methyl sites for hydroxylation is 2. The van der Waals surface area contributed by atoms with E-state index in [1.54, 1.807) is 6.07 Å². The first-order valence-corrected chi connectivity index (χ1v) is 15.5. The highest BCUT2D eigenvalue weighted by Gasteiger charge is 2.29. The number of amides is 1. The maximum atomic E-state index is 13.1. The first-order chi connectivity index (χ1) is 17.9. The standard InChI is InChI=1S/C27H30ClN3O5S2/c1-18-12-14-31(15-13-18)38(35,36)23-9-10-25(28)24(17-23)27(32)29-21-5-7-22(8-6-21)37(33,34)30-26-11-4-19(2)16-20(26)3/h4-11,16-18,30H,12-15H2,1-3H3,(H,29,32). The number of rotatable bonds is 7. The zero-order chi connectivity index (χ0) is 27.7. The van der Waals surface area contributed by atoms with E-state index in [4.69, 9.17) is 11.6 Å². The van der Waals surface area contributed by atoms with Gasteiger partial charge in [0.2, 0.25) is 10.0 Å². The Morgan fingerprint density at radius 2 is 1.53 bits per heavy atom. The molecule has 0 aromatic heterocycles. The summed E-state index contributed by atoms with van der Waals surface area (Å²) in [6.07, 6.45) is 1.57. The second-order valence-electron chi connectivity index (χ2n) is 9.63. The van der Waals surface area contributed by atoms with Gasteiger partial charge in [0, 0.05) is 18.8 Å². The Morgan fingerprint density at radius 3 is 2.16 bits per heavy atom. The van der Waals surface area contributed by atoms with Crippen LogP contribution in [0.15, 0.2) is 70.5 Å². The minimum Gasteiger partial charge on any atom is -0.322 e. The molecule has 38 heavy (non-hydrogen) atoms. The molecule has 0 bridgehead atoms. The van der Waals surface area contributed by atoms with Gasteiger partial charge in [-0.2, -0.15) is 4.31 Å². The van der Waals surface area contributed by atoms with E-state index in [2.05, 4.69) is 17.0 Å². The predicted octanol–water partition coefficient (Wildman–Crippen LogP) is 5.43. The normalized spacial score (nSPS) is 15.3. The van der Waals surface area contributed by atoms with Gasteiger partial charge < -0.3 is 5.32 Å². The van der Waals surface area contributed by atoms with Crippen LogP contribution in [0.25, 0.3) is 0 Å². The van der Waals surface area contributed by atoms with Gasteiger partial charge in [0.1, 0.15) is 0 Å². The summed E-state index contributed by atoms with van der Waals surface area (Å²) in [5.41, 5.74) is 2.64. The number of hydrogen-bond donors (Lipinski definition) is 2. The first kappa shape index (κ1) is 28.1. The van der Waals surface area contributed by atoms with E-state index in [0.717, 1.165) is 24.0 Å². The van der Waals surface area contributed by atoms with E-state index in [1.807, 2.05) is 26.0 Å². The molecule has 1 saturated heterocycles. The Bertz CT molecular complexity index is 1560. The molecule has 11 heteroatoms. The largest absolute Gasteiger partial charge is 0.322 e. The van der Waals surface area contributed by atoms with Crippen LogP contribution in [-0.2, 0) is 20.0 Å². The fourth-order valence-corrected chi connectivity index (χ4v) is 7.09. The van der Waals surface area contributed by atoms with E-state index in [9.17, 15) is 21.6 Å². The fraction of sp³-hybridized carbons (Fsp3) is 0.296. The molecule has 0 radical (unpaired) electrons. The van der Waals surface area contributed by atoms with Crippen molar-refractivity contribution in [2.24, 2.45) is 5.92 Å². The van der Waals surface area contributed by atoms with Crippen molar-refractivity contribution in [3.63, 3.8) is 0 Å². The maximum Gasteiger partial charge on any atom is 0.261 e. The van der Waals surface area contributed by atoms with Gasteiger partial charge in [-0.25, -0.2) is 16.8 Å². The first-order valence-electron chi connectivity index (χ1n) is 12.2. The van der Waals surface area contributed by atoms with Crippen molar-refractivity contribution >= 4 is 48.9 Å². The number of carbonyl (C=O) groups excluding carboxylic acids is 1. The molecule has 2 N–H and O–H groups in total. The number of hydrogen-bond acceptors (Lipinski definition) is 5. The molecule has 8 nitrogen and oxygen atoms in total. The molecule has 3 aromatic rings. The topological polar surface area (TPSA) is 113 Å². The summed E-state index contributed by atoms with van der Waals surface area (Å²) in [5.74, 6) is -0.139. The lowest BCUT2D eigenvalue weighted by molar-refractivity contribution is 0.102. The molecule has 3 aromatic carbocycles. The Balaban J connectivity index is 1.50. The molecule has 1 aliphatic rings. The predicted molar refractivity (Wildman–Crippen MR) is 150 cm³/mol. The lowest BCUT2D eigenvalue weighted by atomic mass is 10.0. The molecule has 0 spiro atoms. The second kappa shape index (κ2) is 11.1. The third-order valence-corrected chi connectivity index (χ3v) is 10.2. The SMILES string of the molecule is Cc1ccc(NS(=O)(=O)c2ccc(NC(=O)c3cc(S(=O)(=O)N4CCC(C)CC4)ccc3Cl)cc2)c(C)c1. The van der Waals surface area contributed by atoms with E-state index in [0.29, 0.717) is 30.4 Å². The van der Waals surface area contributed by atoms with Crippen molar-refractivity contribution in [1.82, 2.24) is 4.31 Å². The van der Waals surface area contributed by atoms with E-state index in [-0.39, 0.29) is 20.4 Å². The lowest BCUT2D eigenvalue weighted by Crippen LogP contribution is -2.37. The Hall–Kier alpha value is -2.92. The Labute approximate surface area is 229 Å². The van der Waals surface area contributed by atoms with Crippen molar-refractivity contribution < 1.29 is 21.6 Å². The summed E-state index contributed by atoms with van der Waals surface area (Å²) in [7, 11) is -7.61. The minimum atomic E-state index is -3.84. The van der Waals surface area contributed by atoms with Crippen LogP contribution in [0.4, 0.5) is 11.4 Å². The van der Waals surface area contributed by atoms with E-state index < -0.39 is 26.0 Å². The van der Waals surface area contributed by atoms with Gasteiger partial charge in [0.15, 0.2) is 0 Å². The van der Waals surface area contributed by atoms with Crippen LogP contribution in [0.5, 0.6) is 0 Å². The quantitative estimate of drug-likeness (QED) is 0.390. The monoisotopic (exact) mass is 575 g/mol. The van der Waals surface area contributed by atoms with Gasteiger partial charge >= 0.3 is 0 Å². The molecule has 1 heterocycles. The molecular weight excluding hydrogens is 546 g/mol. The molecule has 0 atom stereocenters. The summed E-state index contributed by atoms with van der Waals surface area (Å²) in [6.45, 7) is 6.71. The molecular formula is C27H30ClN3O5S2. The number of halogens is 1. The average molecular weight is 576 g/mol. The Morgan fingerprint density at radius 1 is 0.895 bits per heavy atom. The number of nitrogens with one attached hydrogen (secondary N) is 2. The summed E-state index contributed by atoms with van der Waals surface area (Å²) in [6, 6.07) is 15.1. The minimum absolute atomic E-state index is 0.000480. The van der Waals surface area contributed by atoms with E-state index in [1.165, 1.54) is 46.8 Å². The third-order valence-electron chi connectivity index (χ3n) is 6.61. The number of sulfonamides is 2. The highest BCUT2D eigenvalue weighted by atomic mass is 35.5. The van der Waals surface area contributed by atoms with Gasteiger partial charge in [-0.1, -0.05) is 36.2 Å². The van der Waals surface area contributed by atoms with Gasteiger partial charge in [-0.15, -0.1) is 0 Å². The number of nitrogens with zero attached hydrogens (tertiary/aromatic N) is 1. The van der Waals surface area contributed by atoms with Crippen molar-refractivity contribution in [3.8, 4) is 0 Å². The number of piperidine rings is 1. The van der Waals surface area contributed by atoms with Crippen LogP contribution in [0.3, 0.4) is 0 Å². The van der Waals surface area contributed by atoms with Gasteiger partial charge in [-0.3, -0.25) is 9.52 Å². The van der Waals surface area contributed by atoms with Crippen molar-refractivity contribution in [2.45, 2.75) is 43.4 Å². The van der Waals surface area contributed by atoms with Crippen LogP contribution in [0.2, 0.25) is 5.02 Å². The molecule has 202 valence electrons. The van der Waals surface area contributed by atoms with Gasteiger partial charge in [0.25, 0.3) is 15.9 Å². The van der Waals surface area contributed by atoms with Crippen molar-refractivity contribution in [1.29, 1.82) is 0 Å². The summed E-state index contributed by atoms with van der Waals surface area (Å²) < 4.78 is 56.0. The molecule has 0 aliphatic carbocycles. The van der Waals surface area contributed by atoms with Gasteiger partial charge in [-0.05, 0) is 86.7 Å². The summed E-state index contributed by atoms with van der Waals surface area (Å²) in [4.78, 5) is 13.0. The molecule has 0 unspecified atom stereocenters. The van der Waals surface area contributed by atoms with Crippen LogP contribution >= 0.6 is 11.6 Å². The molecule has 1 amide bonds. The molecule has 1 fully saturated rings. The number of carbonyl (C=O) groups is 1. The van der Waals surface area contributed by atoms with Crippen LogP contribution in [0.1, 0.15) is 41.3 Å². The Kier molecular flexibility index (Phi) is 8.17. The lowest BCUT2D eigenvalue weighted by Gasteiger charge is -2.29. The van der Waals surface area contributed by atoms with Crippen LogP contribution < -0.4 is 10.0 Å². The average Bonchev–Trinajstić information content (AvgIpc) is 2.86. The molecule has 1 aliphatic heterocycles. The maximum absolute atomic E-state index is 13.1. The smallest absolute Gasteiger partial charge is 0.261 e. The highest BCUT2D eigenvalue weighted by molar-refractivity contribution is 7.92. The van der Waals surface area contributed by atoms with Crippen LogP contribution in [-0.4, -0.2) is 40.1 Å². The van der Waals surface area contributed by atoms with Crippen LogP contribution in [0, 0.1) is 19.8 Å². The van der Waals surface area contributed by atoms with Crippen molar-refractivity contribution in [2.75, 3.05) is 23.1 Å². The summed E-state index contributed by atoms with van der Waals surface area (Å²) >= 11 is 6.24. The third kappa shape index (κ3) is 6.20. The highest BCUT2D eigenvalue weighted by Crippen LogP contribution is 2.28. The fourth-order valence-electron chi connectivity index (χ4n) is 4.26. The van der Waals surface area contributed by atoms with Crippen molar-refractivity contribution in [3.05, 3.63) is 82.4 Å². The zero-order valence-electron chi connectivity index (χ0n) is 21.4. The number of anilines is 2.